The SMILES string of the molecule is Cc1c(-c2cnc3cnncc3c2)cccc1-n1c2ccccc2c2ccccc21. The number of para-hydroxylation sites is 2. The second-order valence-electron chi connectivity index (χ2n) is 7.51. The number of nitrogens with zero attached hydrogens (tertiary/aromatic N) is 4. The van der Waals surface area contributed by atoms with Gasteiger partial charge in [0.2, 0.25) is 0 Å². The Morgan fingerprint density at radius 1 is 0.700 bits per heavy atom. The third kappa shape index (κ3) is 2.44. The van der Waals surface area contributed by atoms with Crippen LogP contribution < -0.4 is 0 Å². The van der Waals surface area contributed by atoms with E-state index in [1.54, 1.807) is 12.4 Å². The van der Waals surface area contributed by atoms with E-state index in [0.717, 1.165) is 16.5 Å². The fourth-order valence-corrected chi connectivity index (χ4v) is 4.39. The van der Waals surface area contributed by atoms with Crippen molar-refractivity contribution < 1.29 is 0 Å². The van der Waals surface area contributed by atoms with Gasteiger partial charge in [-0.25, -0.2) is 0 Å². The van der Waals surface area contributed by atoms with Crippen molar-refractivity contribution >= 4 is 32.7 Å². The molecule has 3 aromatic heterocycles. The van der Waals surface area contributed by atoms with Gasteiger partial charge in [0.15, 0.2) is 0 Å². The summed E-state index contributed by atoms with van der Waals surface area (Å²) in [6.07, 6.45) is 5.38. The van der Waals surface area contributed by atoms with Crippen molar-refractivity contribution in [1.82, 2.24) is 19.7 Å². The van der Waals surface area contributed by atoms with Crippen LogP contribution in [0.1, 0.15) is 5.56 Å². The second kappa shape index (κ2) is 6.49. The van der Waals surface area contributed by atoms with Gasteiger partial charge in [-0.05, 0) is 42.3 Å². The predicted octanol–water partition coefficient (Wildman–Crippen LogP) is 6.10. The van der Waals surface area contributed by atoms with Crippen molar-refractivity contribution in [2.75, 3.05) is 0 Å². The molecule has 0 unspecified atom stereocenters. The summed E-state index contributed by atoms with van der Waals surface area (Å²) < 4.78 is 2.36. The molecule has 0 radical (unpaired) electrons. The number of rotatable bonds is 2. The van der Waals surface area contributed by atoms with Crippen LogP contribution in [0.2, 0.25) is 0 Å². The minimum absolute atomic E-state index is 0.852. The molecule has 0 fully saturated rings. The van der Waals surface area contributed by atoms with E-state index in [-0.39, 0.29) is 0 Å². The Hall–Kier alpha value is -4.05. The molecule has 4 heteroatoms. The van der Waals surface area contributed by atoms with Crippen LogP contribution in [0.15, 0.2) is 91.4 Å². The van der Waals surface area contributed by atoms with Crippen molar-refractivity contribution in [1.29, 1.82) is 0 Å². The zero-order chi connectivity index (χ0) is 20.1. The lowest BCUT2D eigenvalue weighted by molar-refractivity contribution is 1.04. The highest BCUT2D eigenvalue weighted by molar-refractivity contribution is 6.09. The van der Waals surface area contributed by atoms with Crippen LogP contribution in [0.5, 0.6) is 0 Å². The summed E-state index contributed by atoms with van der Waals surface area (Å²) in [6.45, 7) is 2.18. The third-order valence-corrected chi connectivity index (χ3v) is 5.83. The second-order valence-corrected chi connectivity index (χ2v) is 7.51. The smallest absolute Gasteiger partial charge is 0.0919 e. The van der Waals surface area contributed by atoms with Crippen LogP contribution in [0.3, 0.4) is 0 Å². The molecule has 6 rings (SSSR count). The van der Waals surface area contributed by atoms with E-state index in [9.17, 15) is 0 Å². The monoisotopic (exact) mass is 386 g/mol. The summed E-state index contributed by atoms with van der Waals surface area (Å²) in [5, 5.41) is 11.5. The fraction of sp³-hybridized carbons (Fsp3) is 0.0385. The van der Waals surface area contributed by atoms with Gasteiger partial charge >= 0.3 is 0 Å². The lowest BCUT2D eigenvalue weighted by Crippen LogP contribution is -1.98. The normalized spacial score (nSPS) is 11.5. The van der Waals surface area contributed by atoms with Gasteiger partial charge in [0.25, 0.3) is 0 Å². The molecular formula is C26H18N4. The highest BCUT2D eigenvalue weighted by Crippen LogP contribution is 2.35. The van der Waals surface area contributed by atoms with Crippen LogP contribution in [0.4, 0.5) is 0 Å². The molecule has 0 bridgehead atoms. The third-order valence-electron chi connectivity index (χ3n) is 5.83. The molecule has 0 saturated heterocycles. The number of hydrogen-bond donors (Lipinski definition) is 0. The van der Waals surface area contributed by atoms with Gasteiger partial charge in [0.1, 0.15) is 0 Å². The first kappa shape index (κ1) is 16.9. The summed E-state index contributed by atoms with van der Waals surface area (Å²) in [6, 6.07) is 25.8. The summed E-state index contributed by atoms with van der Waals surface area (Å²) in [4.78, 5) is 4.58. The van der Waals surface area contributed by atoms with Crippen LogP contribution in [0, 0.1) is 6.92 Å². The molecule has 4 nitrogen and oxygen atoms in total. The van der Waals surface area contributed by atoms with E-state index in [4.69, 9.17) is 0 Å². The van der Waals surface area contributed by atoms with E-state index >= 15 is 0 Å². The maximum Gasteiger partial charge on any atom is 0.0919 e. The van der Waals surface area contributed by atoms with Crippen molar-refractivity contribution in [3.8, 4) is 16.8 Å². The number of hydrogen-bond acceptors (Lipinski definition) is 3. The topological polar surface area (TPSA) is 43.6 Å². The lowest BCUT2D eigenvalue weighted by Gasteiger charge is -2.15. The maximum absolute atomic E-state index is 4.58. The van der Waals surface area contributed by atoms with Gasteiger partial charge in [-0.15, -0.1) is 0 Å². The molecule has 0 aliphatic rings. The fourth-order valence-electron chi connectivity index (χ4n) is 4.39. The van der Waals surface area contributed by atoms with Crippen LogP contribution >= 0.6 is 0 Å². The van der Waals surface area contributed by atoms with Crippen molar-refractivity contribution in [3.63, 3.8) is 0 Å². The lowest BCUT2D eigenvalue weighted by atomic mass is 9.99. The summed E-state index contributed by atoms with van der Waals surface area (Å²) in [7, 11) is 0. The molecular weight excluding hydrogens is 368 g/mol. The predicted molar refractivity (Wildman–Crippen MR) is 122 cm³/mol. The number of pyridine rings is 1. The number of fused-ring (bicyclic) bond motifs is 4. The Labute approximate surface area is 173 Å². The van der Waals surface area contributed by atoms with E-state index in [1.165, 1.54) is 38.6 Å². The Morgan fingerprint density at radius 3 is 2.17 bits per heavy atom. The zero-order valence-electron chi connectivity index (χ0n) is 16.4. The van der Waals surface area contributed by atoms with E-state index in [0.29, 0.717) is 0 Å². The average molecular weight is 386 g/mol. The minimum atomic E-state index is 0.852. The van der Waals surface area contributed by atoms with Crippen molar-refractivity contribution in [3.05, 3.63) is 97.0 Å². The maximum atomic E-state index is 4.58. The zero-order valence-corrected chi connectivity index (χ0v) is 16.4. The van der Waals surface area contributed by atoms with E-state index < -0.39 is 0 Å². The first-order valence-corrected chi connectivity index (χ1v) is 9.96. The minimum Gasteiger partial charge on any atom is -0.309 e. The highest BCUT2D eigenvalue weighted by atomic mass is 15.1. The summed E-state index contributed by atoms with van der Waals surface area (Å²) in [5.41, 5.74) is 7.92. The molecule has 0 saturated carbocycles. The van der Waals surface area contributed by atoms with E-state index in [1.807, 2.05) is 6.20 Å². The van der Waals surface area contributed by atoms with Gasteiger partial charge < -0.3 is 4.57 Å². The highest BCUT2D eigenvalue weighted by Gasteiger charge is 2.15. The molecule has 0 spiro atoms. The average Bonchev–Trinajstić information content (AvgIpc) is 3.13. The van der Waals surface area contributed by atoms with Crippen LogP contribution in [-0.2, 0) is 0 Å². The number of aromatic nitrogens is 4. The first-order chi connectivity index (χ1) is 14.8. The summed E-state index contributed by atoms with van der Waals surface area (Å²) in [5.74, 6) is 0. The Kier molecular flexibility index (Phi) is 3.65. The van der Waals surface area contributed by atoms with Gasteiger partial charge in [-0.2, -0.15) is 10.2 Å². The molecule has 6 aromatic rings. The molecule has 3 aromatic carbocycles. The van der Waals surface area contributed by atoms with Gasteiger partial charge in [0.05, 0.1) is 28.9 Å². The molecule has 0 N–H and O–H groups in total. The van der Waals surface area contributed by atoms with Crippen LogP contribution in [-0.4, -0.2) is 19.7 Å². The van der Waals surface area contributed by atoms with Gasteiger partial charge in [0, 0.05) is 33.6 Å². The van der Waals surface area contributed by atoms with E-state index in [2.05, 4.69) is 99.5 Å². The van der Waals surface area contributed by atoms with Crippen LogP contribution in [0.25, 0.3) is 49.5 Å². The molecule has 0 atom stereocenters. The largest absolute Gasteiger partial charge is 0.309 e. The number of benzene rings is 3. The Bertz CT molecular complexity index is 1510. The van der Waals surface area contributed by atoms with Crippen molar-refractivity contribution in [2.24, 2.45) is 0 Å². The molecule has 0 aliphatic heterocycles. The summed E-state index contributed by atoms with van der Waals surface area (Å²) >= 11 is 0. The molecule has 0 aliphatic carbocycles. The van der Waals surface area contributed by atoms with Gasteiger partial charge in [-0.3, -0.25) is 4.98 Å². The molecule has 30 heavy (non-hydrogen) atoms. The van der Waals surface area contributed by atoms with Crippen molar-refractivity contribution in [2.45, 2.75) is 6.92 Å². The standard InChI is InChI=1S/C26H18N4/c1-17-20(18-13-19-15-28-29-16-23(19)27-14-18)9-6-12-24(17)30-25-10-4-2-7-21(25)22-8-3-5-11-26(22)30/h2-16H,1H3. The quantitative estimate of drug-likeness (QED) is 0.361. The molecule has 3 heterocycles. The molecule has 0 amide bonds. The van der Waals surface area contributed by atoms with Gasteiger partial charge in [-0.1, -0.05) is 48.5 Å². The Balaban J connectivity index is 1.63. The Morgan fingerprint density at radius 2 is 1.40 bits per heavy atom. The molecule has 142 valence electrons. The first-order valence-electron chi connectivity index (χ1n) is 9.96.